The van der Waals surface area contributed by atoms with Gasteiger partial charge in [-0.15, -0.1) is 0 Å². The third kappa shape index (κ3) is 6.28. The number of likely N-dealkylation sites (N-methyl/N-ethyl adjacent to an activating group) is 1. The zero-order valence-corrected chi connectivity index (χ0v) is 24.1. The van der Waals surface area contributed by atoms with E-state index in [2.05, 4.69) is 126 Å². The average molecular weight is 534 g/mol. The number of ether oxygens (including phenoxy) is 1. The van der Waals surface area contributed by atoms with Crippen LogP contribution in [0.2, 0.25) is 0 Å². The van der Waals surface area contributed by atoms with Crippen molar-refractivity contribution in [3.05, 3.63) is 121 Å². The minimum atomic E-state index is -1.22. The highest BCUT2D eigenvalue weighted by atomic mass is 16.5. The van der Waals surface area contributed by atoms with Gasteiger partial charge in [-0.1, -0.05) is 121 Å². The van der Waals surface area contributed by atoms with E-state index < -0.39 is 6.15 Å². The summed E-state index contributed by atoms with van der Waals surface area (Å²) in [6, 6.07) is 43.5. The molecule has 1 aliphatic heterocycles. The van der Waals surface area contributed by atoms with Crippen LogP contribution in [-0.4, -0.2) is 79.8 Å². The van der Waals surface area contributed by atoms with Crippen LogP contribution in [0.5, 0.6) is 0 Å². The van der Waals surface area contributed by atoms with E-state index in [1.54, 1.807) is 0 Å². The van der Waals surface area contributed by atoms with Crippen LogP contribution in [0.3, 0.4) is 0 Å². The van der Waals surface area contributed by atoms with E-state index in [0.29, 0.717) is 13.2 Å². The van der Waals surface area contributed by atoms with Gasteiger partial charge in [-0.25, -0.2) is 4.79 Å². The molecule has 1 heterocycles. The van der Waals surface area contributed by atoms with Gasteiger partial charge >= 0.3 is 11.9 Å². The van der Waals surface area contributed by atoms with Gasteiger partial charge in [-0.2, -0.15) is 21.9 Å². The maximum absolute atomic E-state index is 11.4. The summed E-state index contributed by atoms with van der Waals surface area (Å²) >= 11 is 0. The standard InChI is InChI=1S/C24H20B.C10H20N3O2/c1-5-13-21(14-6-1)25(22-15-7-2-8-16-22,23-17-9-3-10-18-23)24-19-11-4-12-20-24;1-5-15-9(14)8-13-7-6-12(4)10(13)11(2)3/h1-20H;5-8H2,1-4H3/q-1;+1. The van der Waals surface area contributed by atoms with Crippen molar-refractivity contribution in [1.29, 1.82) is 0 Å². The molecule has 0 spiro atoms. The van der Waals surface area contributed by atoms with E-state index in [1.165, 1.54) is 21.9 Å². The van der Waals surface area contributed by atoms with Crippen molar-refractivity contribution in [3.8, 4) is 0 Å². The van der Waals surface area contributed by atoms with E-state index in [9.17, 15) is 4.79 Å². The van der Waals surface area contributed by atoms with Crippen LogP contribution in [0.4, 0.5) is 0 Å². The highest BCUT2D eigenvalue weighted by Gasteiger charge is 2.34. The van der Waals surface area contributed by atoms with Crippen molar-refractivity contribution < 1.29 is 14.1 Å². The molecule has 0 N–H and O–H groups in total. The molecule has 5 nitrogen and oxygen atoms in total. The summed E-state index contributed by atoms with van der Waals surface area (Å²) < 4.78 is 6.96. The number of carbonyl (C=O) groups excluding carboxylic acids is 1. The Hall–Kier alpha value is -4.32. The summed E-state index contributed by atoms with van der Waals surface area (Å²) in [4.78, 5) is 15.5. The van der Waals surface area contributed by atoms with Crippen molar-refractivity contribution in [2.24, 2.45) is 0 Å². The minimum absolute atomic E-state index is 0.160. The lowest BCUT2D eigenvalue weighted by atomic mass is 9.13. The van der Waals surface area contributed by atoms with Crippen molar-refractivity contribution in [2.45, 2.75) is 6.92 Å². The fourth-order valence-electron chi connectivity index (χ4n) is 5.97. The first-order valence-corrected chi connectivity index (χ1v) is 14.0. The lowest BCUT2D eigenvalue weighted by Crippen LogP contribution is -2.74. The Bertz CT molecular complexity index is 1210. The van der Waals surface area contributed by atoms with Crippen molar-refractivity contribution in [1.82, 2.24) is 9.80 Å². The third-order valence-corrected chi connectivity index (χ3v) is 7.55. The molecule has 0 aromatic heterocycles. The molecule has 206 valence electrons. The molecular formula is C34H40BN3O2. The number of carbonyl (C=O) groups is 1. The predicted molar refractivity (Wildman–Crippen MR) is 168 cm³/mol. The summed E-state index contributed by atoms with van der Waals surface area (Å²) in [5.74, 6) is 0.912. The molecule has 0 saturated carbocycles. The number of esters is 1. The second-order valence-electron chi connectivity index (χ2n) is 10.4. The van der Waals surface area contributed by atoms with Crippen LogP contribution in [0.15, 0.2) is 121 Å². The van der Waals surface area contributed by atoms with E-state index in [-0.39, 0.29) is 5.97 Å². The van der Waals surface area contributed by atoms with E-state index >= 15 is 0 Å². The summed E-state index contributed by atoms with van der Waals surface area (Å²) in [5.41, 5.74) is 5.36. The Balaban J connectivity index is 0.000000212. The second kappa shape index (κ2) is 13.7. The summed E-state index contributed by atoms with van der Waals surface area (Å²) in [6.07, 6.45) is -1.22. The highest BCUT2D eigenvalue weighted by molar-refractivity contribution is 7.19. The first kappa shape index (κ1) is 28.7. The molecular weight excluding hydrogens is 493 g/mol. The minimum Gasteiger partial charge on any atom is -0.464 e. The molecule has 1 aliphatic rings. The molecule has 0 atom stereocenters. The van der Waals surface area contributed by atoms with Crippen LogP contribution in [0.25, 0.3) is 0 Å². The largest absolute Gasteiger partial charge is 0.464 e. The molecule has 1 fully saturated rings. The van der Waals surface area contributed by atoms with Crippen LogP contribution in [0.1, 0.15) is 6.92 Å². The monoisotopic (exact) mass is 533 g/mol. The Morgan fingerprint density at radius 2 is 1.07 bits per heavy atom. The fraction of sp³-hybridized carbons (Fsp3) is 0.235. The van der Waals surface area contributed by atoms with Gasteiger partial charge in [0.25, 0.3) is 0 Å². The summed E-state index contributed by atoms with van der Waals surface area (Å²) in [7, 11) is 5.99. The van der Waals surface area contributed by atoms with Crippen molar-refractivity contribution >= 4 is 39.9 Å². The number of hydrogen-bond acceptors (Lipinski definition) is 2. The van der Waals surface area contributed by atoms with Gasteiger partial charge in [0.1, 0.15) is 6.15 Å². The SMILES string of the molecule is CCOC(=O)CN1CCN(C)C1=[N+](C)C.c1ccc([B-](c2ccccc2)(c2ccccc2)c2ccccc2)cc1. The predicted octanol–water partition coefficient (Wildman–Crippen LogP) is 2.49. The maximum atomic E-state index is 11.4. The molecule has 0 radical (unpaired) electrons. The Morgan fingerprint density at radius 1 is 0.700 bits per heavy atom. The molecule has 1 saturated heterocycles. The number of nitrogens with zero attached hydrogens (tertiary/aromatic N) is 3. The second-order valence-corrected chi connectivity index (χ2v) is 10.4. The topological polar surface area (TPSA) is 35.8 Å². The Kier molecular flexibility index (Phi) is 9.79. The van der Waals surface area contributed by atoms with Gasteiger partial charge < -0.3 is 4.74 Å². The summed E-state index contributed by atoms with van der Waals surface area (Å²) in [6.45, 7) is 4.44. The number of benzene rings is 4. The number of hydrogen-bond donors (Lipinski definition) is 0. The maximum Gasteiger partial charge on any atom is 0.350 e. The molecule has 4 aromatic rings. The number of guanidine groups is 1. The molecule has 40 heavy (non-hydrogen) atoms. The molecule has 5 rings (SSSR count). The average Bonchev–Trinajstić information content (AvgIpc) is 3.36. The summed E-state index contributed by atoms with van der Waals surface area (Å²) in [5, 5.41) is 0. The molecule has 4 aromatic carbocycles. The zero-order chi connectivity index (χ0) is 28.4. The van der Waals surface area contributed by atoms with Gasteiger partial charge in [0.2, 0.25) is 0 Å². The number of rotatable bonds is 7. The van der Waals surface area contributed by atoms with Crippen molar-refractivity contribution in [2.75, 3.05) is 47.4 Å². The normalized spacial score (nSPS) is 12.9. The zero-order valence-electron chi connectivity index (χ0n) is 24.1. The van der Waals surface area contributed by atoms with Crippen LogP contribution >= 0.6 is 0 Å². The van der Waals surface area contributed by atoms with Crippen molar-refractivity contribution in [3.63, 3.8) is 0 Å². The third-order valence-electron chi connectivity index (χ3n) is 7.55. The van der Waals surface area contributed by atoms with Gasteiger partial charge in [-0.3, -0.25) is 14.4 Å². The van der Waals surface area contributed by atoms with E-state index in [0.717, 1.165) is 19.0 Å². The molecule has 0 aliphatic carbocycles. The molecule has 6 heteroatoms. The van der Waals surface area contributed by atoms with Crippen LogP contribution in [0, 0.1) is 0 Å². The van der Waals surface area contributed by atoms with Crippen LogP contribution in [-0.2, 0) is 9.53 Å². The quantitative estimate of drug-likeness (QED) is 0.208. The van der Waals surface area contributed by atoms with Gasteiger partial charge in [-0.05, 0) is 6.92 Å². The van der Waals surface area contributed by atoms with Gasteiger partial charge in [0, 0.05) is 0 Å². The molecule has 0 amide bonds. The van der Waals surface area contributed by atoms with Crippen LogP contribution < -0.4 is 21.9 Å². The Labute approximate surface area is 239 Å². The highest BCUT2D eigenvalue weighted by Crippen LogP contribution is 2.09. The first-order valence-electron chi connectivity index (χ1n) is 14.0. The fourth-order valence-corrected chi connectivity index (χ4v) is 5.97. The van der Waals surface area contributed by atoms with Gasteiger partial charge in [0.15, 0.2) is 6.54 Å². The van der Waals surface area contributed by atoms with Gasteiger partial charge in [0.05, 0.1) is 40.8 Å². The lowest BCUT2D eigenvalue weighted by Gasteiger charge is -2.44. The van der Waals surface area contributed by atoms with E-state index in [4.69, 9.17) is 4.74 Å². The van der Waals surface area contributed by atoms with E-state index in [1.807, 2.05) is 37.5 Å². The molecule has 0 bridgehead atoms. The first-order chi connectivity index (χ1) is 19.5. The Morgan fingerprint density at radius 3 is 1.40 bits per heavy atom. The smallest absolute Gasteiger partial charge is 0.350 e. The molecule has 0 unspecified atom stereocenters. The lowest BCUT2D eigenvalue weighted by molar-refractivity contribution is -0.474.